The van der Waals surface area contributed by atoms with Crippen LogP contribution in [0.3, 0.4) is 0 Å². The monoisotopic (exact) mass is 268 g/mol. The third-order valence-electron chi connectivity index (χ3n) is 3.25. The van der Waals surface area contributed by atoms with E-state index in [0.29, 0.717) is 6.42 Å². The molecule has 0 aliphatic carbocycles. The van der Waals surface area contributed by atoms with Gasteiger partial charge in [0.2, 0.25) is 0 Å². The molecule has 2 aromatic carbocycles. The second-order valence-electron chi connectivity index (χ2n) is 4.55. The fraction of sp³-hybridized carbons (Fsp3) is 0.133. The molecule has 3 rings (SSSR count). The highest BCUT2D eigenvalue weighted by Crippen LogP contribution is 2.30. The molecule has 0 N–H and O–H groups in total. The summed E-state index contributed by atoms with van der Waals surface area (Å²) in [4.78, 5) is 15.6. The summed E-state index contributed by atoms with van der Waals surface area (Å²) in [7, 11) is 0. The second-order valence-corrected chi connectivity index (χ2v) is 4.55. The van der Waals surface area contributed by atoms with Crippen LogP contribution in [0.2, 0.25) is 0 Å². The van der Waals surface area contributed by atoms with Crippen molar-refractivity contribution >= 4 is 11.4 Å². The zero-order valence-electron chi connectivity index (χ0n) is 10.6. The van der Waals surface area contributed by atoms with Crippen LogP contribution in [-0.4, -0.2) is 10.6 Å². The predicted octanol–water partition coefficient (Wildman–Crippen LogP) is 3.46. The Bertz CT molecular complexity index is 651. The van der Waals surface area contributed by atoms with Crippen molar-refractivity contribution in [3.05, 3.63) is 75.8 Å². The van der Waals surface area contributed by atoms with E-state index in [4.69, 9.17) is 4.84 Å². The number of non-ortho nitro benzene ring substituents is 1. The average molecular weight is 268 g/mol. The average Bonchev–Trinajstić information content (AvgIpc) is 2.98. The van der Waals surface area contributed by atoms with Crippen LogP contribution in [0.25, 0.3) is 0 Å². The zero-order chi connectivity index (χ0) is 13.9. The summed E-state index contributed by atoms with van der Waals surface area (Å²) in [5.74, 6) is 0. The lowest BCUT2D eigenvalue weighted by atomic mass is 10.0. The lowest BCUT2D eigenvalue weighted by Crippen LogP contribution is -2.01. The molecule has 0 amide bonds. The second kappa shape index (κ2) is 5.13. The van der Waals surface area contributed by atoms with Gasteiger partial charge in [0.25, 0.3) is 5.69 Å². The molecule has 5 heteroatoms. The summed E-state index contributed by atoms with van der Waals surface area (Å²) >= 11 is 0. The Hall–Kier alpha value is -2.69. The number of rotatable bonds is 3. The number of benzene rings is 2. The van der Waals surface area contributed by atoms with E-state index in [2.05, 4.69) is 5.16 Å². The summed E-state index contributed by atoms with van der Waals surface area (Å²) in [5, 5.41) is 14.7. The van der Waals surface area contributed by atoms with E-state index >= 15 is 0 Å². The zero-order valence-corrected chi connectivity index (χ0v) is 10.6. The normalized spacial score (nSPS) is 17.4. The molecule has 0 saturated heterocycles. The van der Waals surface area contributed by atoms with Crippen molar-refractivity contribution < 1.29 is 9.76 Å². The first-order chi connectivity index (χ1) is 9.74. The van der Waals surface area contributed by atoms with Crippen LogP contribution in [-0.2, 0) is 4.84 Å². The third-order valence-corrected chi connectivity index (χ3v) is 3.25. The van der Waals surface area contributed by atoms with Gasteiger partial charge in [-0.25, -0.2) is 0 Å². The molecule has 20 heavy (non-hydrogen) atoms. The van der Waals surface area contributed by atoms with Gasteiger partial charge in [0.15, 0.2) is 6.10 Å². The standard InChI is InChI=1S/C15H12N2O3/c18-17(19)13-8-6-12(7-9-13)15-10-14(16-20-15)11-4-2-1-3-5-11/h1-9,15H,10H2/t15-/m0/s1. The lowest BCUT2D eigenvalue weighted by Gasteiger charge is -2.07. The van der Waals surface area contributed by atoms with Crippen LogP contribution in [0.1, 0.15) is 23.7 Å². The van der Waals surface area contributed by atoms with E-state index in [9.17, 15) is 10.1 Å². The maximum absolute atomic E-state index is 10.6. The van der Waals surface area contributed by atoms with Gasteiger partial charge in [0.1, 0.15) is 0 Å². The minimum atomic E-state index is -0.412. The molecule has 0 saturated carbocycles. The van der Waals surface area contributed by atoms with Gasteiger partial charge >= 0.3 is 0 Å². The highest BCUT2D eigenvalue weighted by atomic mass is 16.6. The fourth-order valence-corrected chi connectivity index (χ4v) is 2.17. The van der Waals surface area contributed by atoms with Gasteiger partial charge < -0.3 is 4.84 Å². The van der Waals surface area contributed by atoms with Gasteiger partial charge in [-0.1, -0.05) is 35.5 Å². The summed E-state index contributed by atoms with van der Waals surface area (Å²) in [5.41, 5.74) is 2.91. The highest BCUT2D eigenvalue weighted by molar-refractivity contribution is 6.01. The van der Waals surface area contributed by atoms with Gasteiger partial charge in [-0.3, -0.25) is 10.1 Å². The summed E-state index contributed by atoms with van der Waals surface area (Å²) in [6, 6.07) is 16.2. The molecule has 2 aromatic rings. The van der Waals surface area contributed by atoms with Gasteiger partial charge in [-0.15, -0.1) is 0 Å². The molecule has 5 nitrogen and oxygen atoms in total. The predicted molar refractivity (Wildman–Crippen MR) is 74.5 cm³/mol. The Balaban J connectivity index is 1.74. The maximum Gasteiger partial charge on any atom is 0.269 e. The first-order valence-electron chi connectivity index (χ1n) is 6.26. The molecule has 0 fully saturated rings. The van der Waals surface area contributed by atoms with Crippen LogP contribution in [0.5, 0.6) is 0 Å². The highest BCUT2D eigenvalue weighted by Gasteiger charge is 2.24. The number of nitrogens with zero attached hydrogens (tertiary/aromatic N) is 2. The molecule has 1 heterocycles. The Morgan fingerprint density at radius 3 is 2.45 bits per heavy atom. The number of hydrogen-bond donors (Lipinski definition) is 0. The molecule has 0 aromatic heterocycles. The Morgan fingerprint density at radius 1 is 1.10 bits per heavy atom. The van der Waals surface area contributed by atoms with E-state index in [0.717, 1.165) is 16.8 Å². The fourth-order valence-electron chi connectivity index (χ4n) is 2.17. The van der Waals surface area contributed by atoms with E-state index < -0.39 is 4.92 Å². The number of nitro groups is 1. The minimum Gasteiger partial charge on any atom is -0.387 e. The van der Waals surface area contributed by atoms with Crippen molar-refractivity contribution in [3.63, 3.8) is 0 Å². The molecular weight excluding hydrogens is 256 g/mol. The smallest absolute Gasteiger partial charge is 0.269 e. The van der Waals surface area contributed by atoms with Gasteiger partial charge in [-0.2, -0.15) is 0 Å². The summed E-state index contributed by atoms with van der Waals surface area (Å²) in [6.07, 6.45) is 0.493. The molecule has 1 aliphatic heterocycles. The van der Waals surface area contributed by atoms with E-state index in [-0.39, 0.29) is 11.8 Å². The largest absolute Gasteiger partial charge is 0.387 e. The Labute approximate surface area is 115 Å². The van der Waals surface area contributed by atoms with Crippen molar-refractivity contribution in [2.24, 2.45) is 5.16 Å². The molecular formula is C15H12N2O3. The number of nitro benzene ring substituents is 1. The van der Waals surface area contributed by atoms with Crippen LogP contribution >= 0.6 is 0 Å². The van der Waals surface area contributed by atoms with Crippen molar-refractivity contribution in [1.29, 1.82) is 0 Å². The van der Waals surface area contributed by atoms with Gasteiger partial charge in [-0.05, 0) is 23.3 Å². The third kappa shape index (κ3) is 2.38. The first kappa shape index (κ1) is 12.3. The minimum absolute atomic E-state index is 0.0796. The summed E-state index contributed by atoms with van der Waals surface area (Å²) < 4.78 is 0. The van der Waals surface area contributed by atoms with Gasteiger partial charge in [0, 0.05) is 18.6 Å². The maximum atomic E-state index is 10.6. The van der Waals surface area contributed by atoms with Crippen molar-refractivity contribution in [2.45, 2.75) is 12.5 Å². The molecule has 0 unspecified atom stereocenters. The Morgan fingerprint density at radius 2 is 1.80 bits per heavy atom. The molecule has 0 bridgehead atoms. The SMILES string of the molecule is O=[N+]([O-])c1ccc([C@@H]2CC(c3ccccc3)=NO2)cc1. The van der Waals surface area contributed by atoms with Crippen LogP contribution in [0.15, 0.2) is 59.8 Å². The van der Waals surface area contributed by atoms with E-state index in [1.165, 1.54) is 12.1 Å². The van der Waals surface area contributed by atoms with Crippen molar-refractivity contribution in [1.82, 2.24) is 0 Å². The first-order valence-corrected chi connectivity index (χ1v) is 6.26. The number of hydrogen-bond acceptors (Lipinski definition) is 4. The number of oxime groups is 1. The van der Waals surface area contributed by atoms with Crippen LogP contribution < -0.4 is 0 Å². The topological polar surface area (TPSA) is 64.7 Å². The van der Waals surface area contributed by atoms with Crippen LogP contribution in [0.4, 0.5) is 5.69 Å². The van der Waals surface area contributed by atoms with Crippen molar-refractivity contribution in [3.8, 4) is 0 Å². The van der Waals surface area contributed by atoms with Gasteiger partial charge in [0.05, 0.1) is 10.6 Å². The molecule has 100 valence electrons. The van der Waals surface area contributed by atoms with E-state index in [1.807, 2.05) is 30.3 Å². The van der Waals surface area contributed by atoms with E-state index in [1.54, 1.807) is 12.1 Å². The summed E-state index contributed by atoms with van der Waals surface area (Å²) in [6.45, 7) is 0. The quantitative estimate of drug-likeness (QED) is 0.632. The molecule has 1 aliphatic rings. The van der Waals surface area contributed by atoms with Crippen LogP contribution in [0, 0.1) is 10.1 Å². The Kier molecular flexibility index (Phi) is 3.16. The molecule has 0 spiro atoms. The lowest BCUT2D eigenvalue weighted by molar-refractivity contribution is -0.384. The molecule has 1 atom stereocenters. The molecule has 0 radical (unpaired) electrons. The van der Waals surface area contributed by atoms with Crippen molar-refractivity contribution in [2.75, 3.05) is 0 Å².